The van der Waals surface area contributed by atoms with Gasteiger partial charge >= 0.3 is 0 Å². The van der Waals surface area contributed by atoms with Crippen LogP contribution in [0.2, 0.25) is 0 Å². The van der Waals surface area contributed by atoms with Gasteiger partial charge in [-0.2, -0.15) is 0 Å². The van der Waals surface area contributed by atoms with Crippen LogP contribution in [0.25, 0.3) is 0 Å². The first-order chi connectivity index (χ1) is 3.72. The number of carbonyl (C=O) groups excluding carboxylic acids is 1. The van der Waals surface area contributed by atoms with Gasteiger partial charge in [0.05, 0.1) is 0 Å². The molecule has 0 N–H and O–H groups in total. The average Bonchev–Trinajstić information content (AvgIpc) is 1.98. The SMILES string of the molecule is CC1C(=O)C=C[C@@H]1C. The monoisotopic (exact) mass is 110 g/mol. The van der Waals surface area contributed by atoms with Crippen LogP contribution < -0.4 is 0 Å². The van der Waals surface area contributed by atoms with Crippen LogP contribution in [0.15, 0.2) is 12.2 Å². The Bertz CT molecular complexity index is 135. The third kappa shape index (κ3) is 0.683. The molecule has 0 aromatic rings. The number of hydrogen-bond acceptors (Lipinski definition) is 1. The third-order valence-corrected chi connectivity index (χ3v) is 1.80. The minimum atomic E-state index is 0.231. The second kappa shape index (κ2) is 1.73. The molecule has 0 saturated carbocycles. The van der Waals surface area contributed by atoms with Crippen LogP contribution >= 0.6 is 0 Å². The zero-order valence-corrected chi connectivity index (χ0v) is 5.22. The lowest BCUT2D eigenvalue weighted by atomic mass is 10.00. The first-order valence-electron chi connectivity index (χ1n) is 2.94. The van der Waals surface area contributed by atoms with E-state index >= 15 is 0 Å². The summed E-state index contributed by atoms with van der Waals surface area (Å²) in [6, 6.07) is 0. The lowest BCUT2D eigenvalue weighted by Crippen LogP contribution is -2.07. The van der Waals surface area contributed by atoms with E-state index in [4.69, 9.17) is 0 Å². The molecule has 0 amide bonds. The van der Waals surface area contributed by atoms with Gasteiger partial charge in [0, 0.05) is 5.92 Å². The minimum Gasteiger partial charge on any atom is -0.295 e. The largest absolute Gasteiger partial charge is 0.295 e. The summed E-state index contributed by atoms with van der Waals surface area (Å²) in [4.78, 5) is 10.7. The maximum absolute atomic E-state index is 10.7. The molecule has 0 aromatic carbocycles. The number of allylic oxidation sites excluding steroid dienone is 2. The lowest BCUT2D eigenvalue weighted by Gasteiger charge is -2.03. The van der Waals surface area contributed by atoms with Crippen molar-refractivity contribution in [2.45, 2.75) is 13.8 Å². The van der Waals surface area contributed by atoms with Gasteiger partial charge in [0.25, 0.3) is 0 Å². The molecule has 8 heavy (non-hydrogen) atoms. The van der Waals surface area contributed by atoms with E-state index in [9.17, 15) is 4.79 Å². The molecule has 0 aromatic heterocycles. The maximum Gasteiger partial charge on any atom is 0.158 e. The molecule has 1 rings (SSSR count). The Morgan fingerprint density at radius 2 is 2.12 bits per heavy atom. The van der Waals surface area contributed by atoms with Crippen LogP contribution in [0.4, 0.5) is 0 Å². The normalized spacial score (nSPS) is 36.5. The molecule has 1 unspecified atom stereocenters. The fraction of sp³-hybridized carbons (Fsp3) is 0.571. The van der Waals surface area contributed by atoms with E-state index in [1.165, 1.54) is 0 Å². The van der Waals surface area contributed by atoms with Crippen molar-refractivity contribution in [3.63, 3.8) is 0 Å². The number of rotatable bonds is 0. The van der Waals surface area contributed by atoms with E-state index in [1.807, 2.05) is 13.0 Å². The summed E-state index contributed by atoms with van der Waals surface area (Å²) in [5.41, 5.74) is 0. The second-order valence-electron chi connectivity index (χ2n) is 2.41. The Morgan fingerprint density at radius 3 is 2.25 bits per heavy atom. The predicted molar refractivity (Wildman–Crippen MR) is 32.5 cm³/mol. The van der Waals surface area contributed by atoms with Crippen molar-refractivity contribution in [1.82, 2.24) is 0 Å². The summed E-state index contributed by atoms with van der Waals surface area (Å²) in [5, 5.41) is 0. The number of ketones is 1. The van der Waals surface area contributed by atoms with Crippen molar-refractivity contribution in [3.05, 3.63) is 12.2 Å². The molecule has 0 fully saturated rings. The average molecular weight is 110 g/mol. The van der Waals surface area contributed by atoms with E-state index in [1.54, 1.807) is 6.08 Å². The molecule has 0 saturated heterocycles. The molecule has 44 valence electrons. The summed E-state index contributed by atoms with van der Waals surface area (Å²) < 4.78 is 0. The van der Waals surface area contributed by atoms with Crippen LogP contribution in [-0.2, 0) is 4.79 Å². The van der Waals surface area contributed by atoms with Crippen molar-refractivity contribution in [2.24, 2.45) is 11.8 Å². The Balaban J connectivity index is 2.69. The van der Waals surface area contributed by atoms with E-state index in [0.717, 1.165) is 0 Å². The van der Waals surface area contributed by atoms with E-state index < -0.39 is 0 Å². The molecule has 1 nitrogen and oxygen atoms in total. The van der Waals surface area contributed by atoms with Crippen molar-refractivity contribution in [2.75, 3.05) is 0 Å². The third-order valence-electron chi connectivity index (χ3n) is 1.80. The highest BCUT2D eigenvalue weighted by Crippen LogP contribution is 2.19. The van der Waals surface area contributed by atoms with Crippen molar-refractivity contribution >= 4 is 5.78 Å². The quantitative estimate of drug-likeness (QED) is 0.460. The summed E-state index contributed by atoms with van der Waals surface area (Å²) in [7, 11) is 0. The van der Waals surface area contributed by atoms with Gasteiger partial charge < -0.3 is 0 Å². The van der Waals surface area contributed by atoms with Gasteiger partial charge in [0.15, 0.2) is 5.78 Å². The molecule has 0 spiro atoms. The van der Waals surface area contributed by atoms with Crippen LogP contribution in [-0.4, -0.2) is 5.78 Å². The van der Waals surface area contributed by atoms with Crippen LogP contribution in [0.3, 0.4) is 0 Å². The summed E-state index contributed by atoms with van der Waals surface area (Å²) in [5.74, 6) is 0.968. The Labute approximate surface area is 49.4 Å². The van der Waals surface area contributed by atoms with Crippen LogP contribution in [0.1, 0.15) is 13.8 Å². The van der Waals surface area contributed by atoms with Crippen LogP contribution in [0, 0.1) is 11.8 Å². The zero-order valence-electron chi connectivity index (χ0n) is 5.22. The molecule has 0 heterocycles. The summed E-state index contributed by atoms with van der Waals surface area (Å²) in [6.07, 6.45) is 3.64. The van der Waals surface area contributed by atoms with Crippen molar-refractivity contribution in [1.29, 1.82) is 0 Å². The van der Waals surface area contributed by atoms with Gasteiger partial charge in [-0.25, -0.2) is 0 Å². The lowest BCUT2D eigenvalue weighted by molar-refractivity contribution is -0.117. The fourth-order valence-electron chi connectivity index (χ4n) is 0.824. The molecular formula is C7H10O. The Kier molecular flexibility index (Phi) is 1.20. The van der Waals surface area contributed by atoms with E-state index in [-0.39, 0.29) is 11.7 Å². The number of carbonyl (C=O) groups is 1. The maximum atomic E-state index is 10.7. The van der Waals surface area contributed by atoms with Crippen molar-refractivity contribution in [3.8, 4) is 0 Å². The molecule has 0 aliphatic heterocycles. The Hall–Kier alpha value is -0.590. The van der Waals surface area contributed by atoms with Gasteiger partial charge in [-0.05, 0) is 12.0 Å². The first kappa shape index (κ1) is 5.54. The van der Waals surface area contributed by atoms with Gasteiger partial charge in [0.1, 0.15) is 0 Å². The number of hydrogen-bond donors (Lipinski definition) is 0. The molecule has 2 atom stereocenters. The molecule has 0 bridgehead atoms. The molecular weight excluding hydrogens is 100 g/mol. The smallest absolute Gasteiger partial charge is 0.158 e. The van der Waals surface area contributed by atoms with E-state index in [2.05, 4.69) is 6.92 Å². The van der Waals surface area contributed by atoms with Gasteiger partial charge in [-0.15, -0.1) is 0 Å². The highest BCUT2D eigenvalue weighted by atomic mass is 16.1. The second-order valence-corrected chi connectivity index (χ2v) is 2.41. The van der Waals surface area contributed by atoms with Gasteiger partial charge in [-0.1, -0.05) is 19.9 Å². The first-order valence-corrected chi connectivity index (χ1v) is 2.94. The summed E-state index contributed by atoms with van der Waals surface area (Å²) in [6.45, 7) is 4.03. The molecule has 1 aliphatic carbocycles. The highest BCUT2D eigenvalue weighted by molar-refractivity contribution is 5.94. The fourth-order valence-corrected chi connectivity index (χ4v) is 0.824. The summed E-state index contributed by atoms with van der Waals surface area (Å²) >= 11 is 0. The molecule has 1 aliphatic rings. The van der Waals surface area contributed by atoms with Gasteiger partial charge in [0.2, 0.25) is 0 Å². The topological polar surface area (TPSA) is 17.1 Å². The minimum absolute atomic E-state index is 0.231. The highest BCUT2D eigenvalue weighted by Gasteiger charge is 2.20. The molecule has 1 heteroatoms. The Morgan fingerprint density at radius 1 is 1.50 bits per heavy atom. The standard InChI is InChI=1S/C7H10O/c1-5-3-4-7(8)6(5)2/h3-6H,1-2H3/t5-,6?/m0/s1. The van der Waals surface area contributed by atoms with Crippen LogP contribution in [0.5, 0.6) is 0 Å². The van der Waals surface area contributed by atoms with Crippen molar-refractivity contribution < 1.29 is 4.79 Å². The van der Waals surface area contributed by atoms with E-state index in [0.29, 0.717) is 5.92 Å². The van der Waals surface area contributed by atoms with Gasteiger partial charge in [-0.3, -0.25) is 4.79 Å². The molecule has 0 radical (unpaired) electrons. The predicted octanol–water partition coefficient (Wildman–Crippen LogP) is 1.40. The zero-order chi connectivity index (χ0) is 6.15.